The summed E-state index contributed by atoms with van der Waals surface area (Å²) in [4.78, 5) is 20.8. The standard InChI is InChI=1S/C13H20BrN5O/c1-8-6-19(7-11(8)18(2)3)13(20)10-4-9(14)5-16-12(10)17-15/h4-5,8,11H,6-7,15H2,1-3H3,(H,16,17). The van der Waals surface area contributed by atoms with Crippen molar-refractivity contribution in [2.45, 2.75) is 13.0 Å². The largest absolute Gasteiger partial charge is 0.337 e. The van der Waals surface area contributed by atoms with Crippen LogP contribution in [-0.4, -0.2) is 53.9 Å². The van der Waals surface area contributed by atoms with Crippen LogP contribution >= 0.6 is 15.9 Å². The van der Waals surface area contributed by atoms with Gasteiger partial charge in [-0.3, -0.25) is 4.79 Å². The van der Waals surface area contributed by atoms with E-state index in [0.29, 0.717) is 23.3 Å². The number of likely N-dealkylation sites (N-methyl/N-ethyl adjacent to an activating group) is 1. The van der Waals surface area contributed by atoms with Crippen molar-refractivity contribution in [1.29, 1.82) is 0 Å². The second-order valence-corrected chi connectivity index (χ2v) is 6.33. The molecule has 6 nitrogen and oxygen atoms in total. The van der Waals surface area contributed by atoms with Gasteiger partial charge in [0.15, 0.2) is 5.82 Å². The van der Waals surface area contributed by atoms with E-state index in [4.69, 9.17) is 5.84 Å². The molecule has 1 saturated heterocycles. The number of nitrogens with two attached hydrogens (primary N) is 1. The van der Waals surface area contributed by atoms with Crippen molar-refractivity contribution in [2.24, 2.45) is 11.8 Å². The summed E-state index contributed by atoms with van der Waals surface area (Å²) < 4.78 is 0.760. The van der Waals surface area contributed by atoms with Crippen LogP contribution in [0.1, 0.15) is 17.3 Å². The SMILES string of the molecule is CC1CN(C(=O)c2cc(Br)cnc2NN)CC1N(C)C. The molecule has 0 bridgehead atoms. The van der Waals surface area contributed by atoms with Gasteiger partial charge in [-0.15, -0.1) is 0 Å². The van der Waals surface area contributed by atoms with E-state index in [1.807, 2.05) is 19.0 Å². The Bertz CT molecular complexity index is 508. The number of likely N-dealkylation sites (tertiary alicyclic amines) is 1. The van der Waals surface area contributed by atoms with Crippen LogP contribution in [0.25, 0.3) is 0 Å². The highest BCUT2D eigenvalue weighted by Gasteiger charge is 2.34. The fraction of sp³-hybridized carbons (Fsp3) is 0.538. The highest BCUT2D eigenvalue weighted by molar-refractivity contribution is 9.10. The molecule has 20 heavy (non-hydrogen) atoms. The number of rotatable bonds is 3. The van der Waals surface area contributed by atoms with Gasteiger partial charge in [-0.2, -0.15) is 0 Å². The zero-order valence-electron chi connectivity index (χ0n) is 11.9. The lowest BCUT2D eigenvalue weighted by molar-refractivity contribution is 0.0782. The predicted molar refractivity (Wildman–Crippen MR) is 82.3 cm³/mol. The molecule has 1 aliphatic rings. The van der Waals surface area contributed by atoms with Gasteiger partial charge in [0.1, 0.15) is 0 Å². The first-order valence-electron chi connectivity index (χ1n) is 6.52. The first kappa shape index (κ1) is 15.2. The van der Waals surface area contributed by atoms with Crippen molar-refractivity contribution in [3.05, 3.63) is 22.3 Å². The molecule has 0 radical (unpaired) electrons. The molecule has 1 aromatic heterocycles. The summed E-state index contributed by atoms with van der Waals surface area (Å²) in [7, 11) is 4.09. The minimum atomic E-state index is -0.0389. The third-order valence-corrected chi connectivity index (χ3v) is 4.18. The zero-order chi connectivity index (χ0) is 14.9. The zero-order valence-corrected chi connectivity index (χ0v) is 13.5. The summed E-state index contributed by atoms with van der Waals surface area (Å²) in [5.41, 5.74) is 2.98. The summed E-state index contributed by atoms with van der Waals surface area (Å²) in [6, 6.07) is 2.13. The third kappa shape index (κ3) is 2.94. The van der Waals surface area contributed by atoms with Crippen LogP contribution in [-0.2, 0) is 0 Å². The van der Waals surface area contributed by atoms with E-state index in [9.17, 15) is 4.79 Å². The van der Waals surface area contributed by atoms with Crippen LogP contribution in [0.5, 0.6) is 0 Å². The highest BCUT2D eigenvalue weighted by Crippen LogP contribution is 2.25. The van der Waals surface area contributed by atoms with Gasteiger partial charge in [-0.1, -0.05) is 6.92 Å². The van der Waals surface area contributed by atoms with Gasteiger partial charge in [0, 0.05) is 29.8 Å². The van der Waals surface area contributed by atoms with Gasteiger partial charge in [0.2, 0.25) is 0 Å². The number of nitrogens with zero attached hydrogens (tertiary/aromatic N) is 3. The Kier molecular flexibility index (Phi) is 4.62. The van der Waals surface area contributed by atoms with Crippen LogP contribution in [0.4, 0.5) is 5.82 Å². The highest BCUT2D eigenvalue weighted by atomic mass is 79.9. The molecule has 110 valence electrons. The maximum atomic E-state index is 12.6. The maximum Gasteiger partial charge on any atom is 0.257 e. The van der Waals surface area contributed by atoms with Crippen molar-refractivity contribution in [3.8, 4) is 0 Å². The molecular weight excluding hydrogens is 322 g/mol. The Morgan fingerprint density at radius 3 is 2.80 bits per heavy atom. The Labute approximate surface area is 127 Å². The summed E-state index contributed by atoms with van der Waals surface area (Å²) in [5, 5.41) is 0. The number of nitrogen functional groups attached to an aromatic ring is 1. The van der Waals surface area contributed by atoms with Crippen molar-refractivity contribution in [2.75, 3.05) is 32.6 Å². The molecular formula is C13H20BrN5O. The van der Waals surface area contributed by atoms with Crippen molar-refractivity contribution in [3.63, 3.8) is 0 Å². The van der Waals surface area contributed by atoms with Crippen molar-refractivity contribution in [1.82, 2.24) is 14.8 Å². The summed E-state index contributed by atoms with van der Waals surface area (Å²) in [5.74, 6) is 6.24. The number of hydrogen-bond acceptors (Lipinski definition) is 5. The van der Waals surface area contributed by atoms with Crippen LogP contribution in [0.3, 0.4) is 0 Å². The Morgan fingerprint density at radius 1 is 1.55 bits per heavy atom. The van der Waals surface area contributed by atoms with E-state index in [1.54, 1.807) is 12.3 Å². The third-order valence-electron chi connectivity index (χ3n) is 3.74. The van der Waals surface area contributed by atoms with E-state index < -0.39 is 0 Å². The van der Waals surface area contributed by atoms with Gasteiger partial charge in [-0.25, -0.2) is 10.8 Å². The first-order valence-corrected chi connectivity index (χ1v) is 7.31. The number of carbonyl (C=O) groups excluding carboxylic acids is 1. The van der Waals surface area contributed by atoms with Gasteiger partial charge < -0.3 is 15.2 Å². The quantitative estimate of drug-likeness (QED) is 0.637. The van der Waals surface area contributed by atoms with Gasteiger partial charge in [0.25, 0.3) is 5.91 Å². The predicted octanol–water partition coefficient (Wildman–Crippen LogP) is 1.15. The van der Waals surface area contributed by atoms with Crippen molar-refractivity contribution >= 4 is 27.7 Å². The number of halogens is 1. The molecule has 2 rings (SSSR count). The monoisotopic (exact) mass is 341 g/mol. The topological polar surface area (TPSA) is 74.5 Å². The molecule has 7 heteroatoms. The number of nitrogens with one attached hydrogen (secondary N) is 1. The number of amides is 1. The molecule has 1 aromatic rings. The molecule has 0 saturated carbocycles. The molecule has 2 atom stereocenters. The van der Waals surface area contributed by atoms with E-state index in [0.717, 1.165) is 17.6 Å². The summed E-state index contributed by atoms with van der Waals surface area (Å²) in [6.45, 7) is 3.64. The minimum absolute atomic E-state index is 0.0389. The number of pyridine rings is 1. The Hall–Kier alpha value is -1.18. The molecule has 0 aliphatic carbocycles. The summed E-state index contributed by atoms with van der Waals surface area (Å²) in [6.07, 6.45) is 1.61. The van der Waals surface area contributed by atoms with Crippen molar-refractivity contribution < 1.29 is 4.79 Å². The van der Waals surface area contributed by atoms with Crippen LogP contribution < -0.4 is 11.3 Å². The van der Waals surface area contributed by atoms with Gasteiger partial charge in [-0.05, 0) is 42.0 Å². The lowest BCUT2D eigenvalue weighted by atomic mass is 10.1. The fourth-order valence-corrected chi connectivity index (χ4v) is 3.01. The average Bonchev–Trinajstić information content (AvgIpc) is 2.80. The average molecular weight is 342 g/mol. The molecule has 1 aliphatic heterocycles. The van der Waals surface area contributed by atoms with Crippen LogP contribution in [0.2, 0.25) is 0 Å². The van der Waals surface area contributed by atoms with E-state index in [2.05, 4.69) is 38.2 Å². The lowest BCUT2D eigenvalue weighted by Crippen LogP contribution is -2.36. The number of hydrogen-bond donors (Lipinski definition) is 2. The maximum absolute atomic E-state index is 12.6. The van der Waals surface area contributed by atoms with E-state index in [-0.39, 0.29) is 5.91 Å². The van der Waals surface area contributed by atoms with Gasteiger partial charge >= 0.3 is 0 Å². The minimum Gasteiger partial charge on any atom is -0.337 e. The number of aromatic nitrogens is 1. The van der Waals surface area contributed by atoms with Crippen LogP contribution in [0, 0.1) is 5.92 Å². The molecule has 2 unspecified atom stereocenters. The number of carbonyl (C=O) groups is 1. The first-order chi connectivity index (χ1) is 9.43. The van der Waals surface area contributed by atoms with Crippen LogP contribution in [0.15, 0.2) is 16.7 Å². The molecule has 0 spiro atoms. The van der Waals surface area contributed by atoms with Gasteiger partial charge in [0.05, 0.1) is 5.56 Å². The lowest BCUT2D eigenvalue weighted by Gasteiger charge is -2.22. The van der Waals surface area contributed by atoms with E-state index >= 15 is 0 Å². The molecule has 0 aromatic carbocycles. The molecule has 2 heterocycles. The normalized spacial score (nSPS) is 22.4. The Balaban J connectivity index is 2.23. The second kappa shape index (κ2) is 6.07. The number of anilines is 1. The second-order valence-electron chi connectivity index (χ2n) is 5.41. The molecule has 1 amide bonds. The molecule has 3 N–H and O–H groups in total. The molecule has 1 fully saturated rings. The summed E-state index contributed by atoms with van der Waals surface area (Å²) >= 11 is 3.34. The fourth-order valence-electron chi connectivity index (χ4n) is 2.68. The smallest absolute Gasteiger partial charge is 0.257 e. The van der Waals surface area contributed by atoms with E-state index in [1.165, 1.54) is 0 Å². The number of hydrazine groups is 1. The Morgan fingerprint density at radius 2 is 2.25 bits per heavy atom.